The highest BCUT2D eigenvalue weighted by Crippen LogP contribution is 2.33. The zero-order valence-electron chi connectivity index (χ0n) is 11.6. The summed E-state index contributed by atoms with van der Waals surface area (Å²) in [4.78, 5) is 0. The van der Waals surface area contributed by atoms with Gasteiger partial charge in [-0.05, 0) is 62.3 Å². The Kier molecular flexibility index (Phi) is 5.83. The van der Waals surface area contributed by atoms with E-state index in [0.717, 1.165) is 10.9 Å². The van der Waals surface area contributed by atoms with Gasteiger partial charge in [-0.2, -0.15) is 0 Å². The number of aliphatic hydroxyl groups excluding tert-OH is 2. The summed E-state index contributed by atoms with van der Waals surface area (Å²) in [5, 5.41) is 19.3. The Balaban J connectivity index is 2.98. The topological polar surface area (TPSA) is 40.5 Å². The van der Waals surface area contributed by atoms with Crippen molar-refractivity contribution in [1.82, 2.24) is 0 Å². The molecule has 0 aliphatic rings. The van der Waals surface area contributed by atoms with Crippen molar-refractivity contribution in [2.45, 2.75) is 58.7 Å². The van der Waals surface area contributed by atoms with Gasteiger partial charge in [0.15, 0.2) is 0 Å². The van der Waals surface area contributed by atoms with E-state index >= 15 is 0 Å². The highest BCUT2D eigenvalue weighted by Gasteiger charge is 2.20. The van der Waals surface area contributed by atoms with E-state index in [2.05, 4.69) is 48.8 Å². The van der Waals surface area contributed by atoms with Crippen LogP contribution in [0.25, 0.3) is 0 Å². The van der Waals surface area contributed by atoms with Crippen LogP contribution >= 0.6 is 15.9 Å². The first kappa shape index (κ1) is 15.7. The van der Waals surface area contributed by atoms with Gasteiger partial charge in [0.25, 0.3) is 0 Å². The molecule has 3 unspecified atom stereocenters. The highest BCUT2D eigenvalue weighted by atomic mass is 79.9. The van der Waals surface area contributed by atoms with Gasteiger partial charge in [-0.1, -0.05) is 28.9 Å². The molecule has 0 bridgehead atoms. The second-order valence-corrected chi connectivity index (χ2v) is 5.96. The van der Waals surface area contributed by atoms with E-state index in [1.807, 2.05) is 0 Å². The summed E-state index contributed by atoms with van der Waals surface area (Å²) in [6, 6.07) is 4.31. The van der Waals surface area contributed by atoms with Crippen molar-refractivity contribution in [2.75, 3.05) is 0 Å². The monoisotopic (exact) mass is 314 g/mol. The number of aliphatic hydroxyl groups is 2. The minimum Gasteiger partial charge on any atom is -0.391 e. The molecule has 1 aromatic rings. The van der Waals surface area contributed by atoms with Gasteiger partial charge < -0.3 is 10.2 Å². The van der Waals surface area contributed by atoms with Gasteiger partial charge in [-0.3, -0.25) is 0 Å². The van der Waals surface area contributed by atoms with Gasteiger partial charge in [-0.15, -0.1) is 0 Å². The largest absolute Gasteiger partial charge is 0.391 e. The molecule has 3 heteroatoms. The van der Waals surface area contributed by atoms with Crippen LogP contribution in [0.5, 0.6) is 0 Å². The molecule has 3 atom stereocenters. The van der Waals surface area contributed by atoms with Crippen LogP contribution in [0.2, 0.25) is 0 Å². The van der Waals surface area contributed by atoms with Crippen molar-refractivity contribution in [3.8, 4) is 0 Å². The van der Waals surface area contributed by atoms with Gasteiger partial charge in [-0.25, -0.2) is 0 Å². The fourth-order valence-corrected chi connectivity index (χ4v) is 2.90. The Morgan fingerprint density at radius 1 is 1.17 bits per heavy atom. The molecule has 0 aliphatic carbocycles. The molecular formula is C15H23BrO2. The Labute approximate surface area is 118 Å². The molecule has 0 heterocycles. The molecule has 18 heavy (non-hydrogen) atoms. The fourth-order valence-electron chi connectivity index (χ4n) is 2.12. The summed E-state index contributed by atoms with van der Waals surface area (Å²) < 4.78 is 1.09. The normalized spacial score (nSPS) is 16.4. The van der Waals surface area contributed by atoms with E-state index in [4.69, 9.17) is 0 Å². The molecule has 1 aromatic carbocycles. The lowest BCUT2D eigenvalue weighted by molar-refractivity contribution is 0.0214. The summed E-state index contributed by atoms with van der Waals surface area (Å²) in [7, 11) is 0. The minimum atomic E-state index is -0.677. The summed E-state index contributed by atoms with van der Waals surface area (Å²) in [6.45, 7) is 7.94. The molecule has 2 N–H and O–H groups in total. The highest BCUT2D eigenvalue weighted by molar-refractivity contribution is 9.10. The molecule has 102 valence electrons. The Hall–Kier alpha value is -0.380. The number of aryl methyl sites for hydroxylation is 2. The Morgan fingerprint density at radius 2 is 1.72 bits per heavy atom. The first-order valence-electron chi connectivity index (χ1n) is 6.49. The summed E-state index contributed by atoms with van der Waals surface area (Å²) in [5.41, 5.74) is 3.75. The van der Waals surface area contributed by atoms with Crippen molar-refractivity contribution in [1.29, 1.82) is 0 Å². The minimum absolute atomic E-state index is 0.267. The standard InChI is InChI=1S/C15H23BrO2/c1-5-12(8-15(18)11(4)17)13-6-9(2)10(3)7-14(13)16/h6-7,11-12,15,17-18H,5,8H2,1-4H3. The van der Waals surface area contributed by atoms with Crippen LogP contribution in [-0.4, -0.2) is 22.4 Å². The summed E-state index contributed by atoms with van der Waals surface area (Å²) in [6.07, 6.45) is 0.202. The second-order valence-electron chi connectivity index (χ2n) is 5.11. The molecule has 0 aliphatic heterocycles. The smallest absolute Gasteiger partial charge is 0.0802 e. The SMILES string of the molecule is CCC(CC(O)C(C)O)c1cc(C)c(C)cc1Br. The fraction of sp³-hybridized carbons (Fsp3) is 0.600. The van der Waals surface area contributed by atoms with E-state index in [-0.39, 0.29) is 5.92 Å². The quantitative estimate of drug-likeness (QED) is 0.870. The number of benzene rings is 1. The zero-order valence-corrected chi connectivity index (χ0v) is 13.2. The van der Waals surface area contributed by atoms with Crippen LogP contribution in [-0.2, 0) is 0 Å². The number of hydrogen-bond donors (Lipinski definition) is 2. The maximum Gasteiger partial charge on any atom is 0.0802 e. The average molecular weight is 315 g/mol. The van der Waals surface area contributed by atoms with Crippen LogP contribution in [0.3, 0.4) is 0 Å². The first-order valence-corrected chi connectivity index (χ1v) is 7.28. The van der Waals surface area contributed by atoms with E-state index in [0.29, 0.717) is 6.42 Å². The third-order valence-corrected chi connectivity index (χ3v) is 4.32. The second kappa shape index (κ2) is 6.69. The first-order chi connectivity index (χ1) is 8.36. The van der Waals surface area contributed by atoms with Crippen LogP contribution in [0.4, 0.5) is 0 Å². The molecule has 0 amide bonds. The molecule has 0 aromatic heterocycles. The van der Waals surface area contributed by atoms with E-state index in [1.165, 1.54) is 16.7 Å². The Morgan fingerprint density at radius 3 is 2.22 bits per heavy atom. The van der Waals surface area contributed by atoms with Crippen LogP contribution in [0.15, 0.2) is 16.6 Å². The molecule has 0 saturated heterocycles. The predicted molar refractivity (Wildman–Crippen MR) is 79.0 cm³/mol. The lowest BCUT2D eigenvalue weighted by Crippen LogP contribution is -2.24. The molecule has 1 rings (SSSR count). The lowest BCUT2D eigenvalue weighted by Gasteiger charge is -2.23. The number of halogens is 1. The van der Waals surface area contributed by atoms with Crippen molar-refractivity contribution in [3.63, 3.8) is 0 Å². The molecule has 0 radical (unpaired) electrons. The summed E-state index contributed by atoms with van der Waals surface area (Å²) in [5.74, 6) is 0.267. The van der Waals surface area contributed by atoms with Crippen LogP contribution in [0.1, 0.15) is 49.3 Å². The van der Waals surface area contributed by atoms with Crippen molar-refractivity contribution >= 4 is 15.9 Å². The number of rotatable bonds is 5. The maximum absolute atomic E-state index is 9.84. The molecule has 0 spiro atoms. The predicted octanol–water partition coefficient (Wildman–Crippen LogP) is 3.69. The average Bonchev–Trinajstić information content (AvgIpc) is 2.30. The van der Waals surface area contributed by atoms with Gasteiger partial charge in [0.05, 0.1) is 12.2 Å². The van der Waals surface area contributed by atoms with E-state index in [9.17, 15) is 10.2 Å². The molecule has 0 saturated carbocycles. The van der Waals surface area contributed by atoms with Crippen molar-refractivity contribution in [3.05, 3.63) is 33.3 Å². The Bertz CT molecular complexity index is 402. The third-order valence-electron chi connectivity index (χ3n) is 3.63. The molecule has 2 nitrogen and oxygen atoms in total. The lowest BCUT2D eigenvalue weighted by atomic mass is 9.88. The van der Waals surface area contributed by atoms with Gasteiger partial charge in [0, 0.05) is 4.47 Å². The van der Waals surface area contributed by atoms with Crippen LogP contribution < -0.4 is 0 Å². The van der Waals surface area contributed by atoms with Crippen molar-refractivity contribution < 1.29 is 10.2 Å². The number of hydrogen-bond acceptors (Lipinski definition) is 2. The molecular weight excluding hydrogens is 292 g/mol. The van der Waals surface area contributed by atoms with Gasteiger partial charge in [0.2, 0.25) is 0 Å². The van der Waals surface area contributed by atoms with E-state index < -0.39 is 12.2 Å². The van der Waals surface area contributed by atoms with Gasteiger partial charge >= 0.3 is 0 Å². The van der Waals surface area contributed by atoms with E-state index in [1.54, 1.807) is 6.92 Å². The third kappa shape index (κ3) is 3.81. The maximum atomic E-state index is 9.84. The molecule has 0 fully saturated rings. The zero-order chi connectivity index (χ0) is 13.9. The van der Waals surface area contributed by atoms with Crippen LogP contribution in [0, 0.1) is 13.8 Å². The van der Waals surface area contributed by atoms with Crippen molar-refractivity contribution in [2.24, 2.45) is 0 Å². The summed E-state index contributed by atoms with van der Waals surface area (Å²) >= 11 is 3.61. The van der Waals surface area contributed by atoms with Gasteiger partial charge in [0.1, 0.15) is 0 Å².